The second-order valence-electron chi connectivity index (χ2n) is 9.44. The van der Waals surface area contributed by atoms with Crippen LogP contribution in [0.1, 0.15) is 58.9 Å². The van der Waals surface area contributed by atoms with E-state index in [9.17, 15) is 14.7 Å². The molecule has 1 unspecified atom stereocenters. The van der Waals surface area contributed by atoms with Crippen molar-refractivity contribution < 1.29 is 23.5 Å². The number of nitrogens with zero attached hydrogens (tertiary/aromatic N) is 1. The van der Waals surface area contributed by atoms with Gasteiger partial charge in [-0.1, -0.05) is 51.1 Å². The molecule has 1 heterocycles. The number of nitriles is 1. The van der Waals surface area contributed by atoms with Crippen molar-refractivity contribution in [2.75, 3.05) is 0 Å². The molecule has 35 heavy (non-hydrogen) atoms. The topological polar surface area (TPSA) is 125 Å². The van der Waals surface area contributed by atoms with E-state index in [-0.39, 0.29) is 34.2 Å². The molecule has 1 atom stereocenters. The zero-order valence-corrected chi connectivity index (χ0v) is 21.5. The highest BCUT2D eigenvalue weighted by atomic mass is 28.3. The molecule has 9 heteroatoms. The molecule has 3 N–H and O–H groups in total. The van der Waals surface area contributed by atoms with Gasteiger partial charge in [0.25, 0.3) is 5.91 Å². The fraction of sp³-hybridized carbons (Fsp3) is 0.269. The van der Waals surface area contributed by atoms with E-state index in [4.69, 9.17) is 14.1 Å². The number of aromatic hydroxyl groups is 1. The lowest BCUT2D eigenvalue weighted by molar-refractivity contribution is 0.0831. The highest BCUT2D eigenvalue weighted by Gasteiger charge is 2.34. The molecular weight excluding hydrogens is 462 g/mol. The standard InChI is InChI=1S/C26H29N3O5Si/c1-26(2,3)23(34-35(4)5)19-15-33-22(21(19)16-9-7-6-8-10-16)25(32)29-28-24(31)17-11-12-20(30)18(13-17)14-27/h6-13,15,23,30,35H,1-5H3,(H,28,31)(H,29,32). The summed E-state index contributed by atoms with van der Waals surface area (Å²) in [6.45, 7) is 10.4. The zero-order chi connectivity index (χ0) is 25.8. The van der Waals surface area contributed by atoms with E-state index in [0.717, 1.165) is 11.1 Å². The van der Waals surface area contributed by atoms with Gasteiger partial charge in [-0.3, -0.25) is 20.4 Å². The van der Waals surface area contributed by atoms with Crippen molar-refractivity contribution in [2.45, 2.75) is 40.0 Å². The summed E-state index contributed by atoms with van der Waals surface area (Å²) in [7, 11) is -1.44. The van der Waals surface area contributed by atoms with Crippen LogP contribution in [0.5, 0.6) is 5.75 Å². The number of rotatable bonds is 6. The first-order valence-electron chi connectivity index (χ1n) is 11.2. The molecule has 0 spiro atoms. The maximum absolute atomic E-state index is 13.1. The normalized spacial score (nSPS) is 12.1. The van der Waals surface area contributed by atoms with Crippen molar-refractivity contribution in [3.8, 4) is 22.9 Å². The third-order valence-corrected chi connectivity index (χ3v) is 6.05. The number of furan rings is 1. The lowest BCUT2D eigenvalue weighted by Crippen LogP contribution is -2.41. The number of hydrogen-bond donors (Lipinski definition) is 3. The number of phenols is 1. The van der Waals surface area contributed by atoms with Crippen LogP contribution in [0.3, 0.4) is 0 Å². The van der Waals surface area contributed by atoms with Crippen molar-refractivity contribution in [3.05, 3.63) is 77.2 Å². The minimum Gasteiger partial charge on any atom is -0.507 e. The largest absolute Gasteiger partial charge is 0.507 e. The molecule has 0 aliphatic carbocycles. The van der Waals surface area contributed by atoms with Crippen molar-refractivity contribution in [1.82, 2.24) is 10.9 Å². The summed E-state index contributed by atoms with van der Waals surface area (Å²) in [5.74, 6) is -1.48. The molecule has 0 saturated heterocycles. The molecule has 3 rings (SSSR count). The van der Waals surface area contributed by atoms with Crippen LogP contribution in [0.2, 0.25) is 13.1 Å². The van der Waals surface area contributed by atoms with Gasteiger partial charge in [-0.25, -0.2) is 0 Å². The van der Waals surface area contributed by atoms with E-state index in [2.05, 4.69) is 44.7 Å². The summed E-state index contributed by atoms with van der Waals surface area (Å²) in [4.78, 5) is 25.6. The Labute approximate surface area is 206 Å². The SMILES string of the molecule is C[SiH](C)OC(c1coc(C(=O)NNC(=O)c2ccc(O)c(C#N)c2)c1-c1ccccc1)C(C)(C)C. The Morgan fingerprint density at radius 1 is 1.09 bits per heavy atom. The lowest BCUT2D eigenvalue weighted by Gasteiger charge is -2.32. The smallest absolute Gasteiger partial charge is 0.306 e. The van der Waals surface area contributed by atoms with Crippen molar-refractivity contribution in [2.24, 2.45) is 5.41 Å². The van der Waals surface area contributed by atoms with E-state index in [1.165, 1.54) is 18.2 Å². The highest BCUT2D eigenvalue weighted by molar-refractivity contribution is 6.48. The summed E-state index contributed by atoms with van der Waals surface area (Å²) in [6, 6.07) is 15.0. The zero-order valence-electron chi connectivity index (χ0n) is 20.4. The van der Waals surface area contributed by atoms with Crippen molar-refractivity contribution in [3.63, 3.8) is 0 Å². The van der Waals surface area contributed by atoms with E-state index in [0.29, 0.717) is 5.56 Å². The first kappa shape index (κ1) is 25.7. The Morgan fingerprint density at radius 3 is 2.34 bits per heavy atom. The van der Waals surface area contributed by atoms with Crippen LogP contribution in [0.25, 0.3) is 11.1 Å². The second-order valence-corrected chi connectivity index (χ2v) is 11.8. The maximum atomic E-state index is 13.1. The maximum Gasteiger partial charge on any atom is 0.306 e. The van der Waals surface area contributed by atoms with E-state index in [1.807, 2.05) is 30.3 Å². The van der Waals surface area contributed by atoms with E-state index < -0.39 is 20.9 Å². The van der Waals surface area contributed by atoms with Crippen LogP contribution in [0, 0.1) is 16.7 Å². The molecule has 0 radical (unpaired) electrons. The minimum atomic E-state index is -1.44. The van der Waals surface area contributed by atoms with Gasteiger partial charge in [-0.2, -0.15) is 5.26 Å². The number of carbonyl (C=O) groups is 2. The number of amides is 2. The lowest BCUT2D eigenvalue weighted by atomic mass is 9.83. The molecule has 8 nitrogen and oxygen atoms in total. The molecular formula is C26H29N3O5Si. The Hall–Kier alpha value is -3.87. The monoisotopic (exact) mass is 491 g/mol. The Morgan fingerprint density at radius 2 is 1.74 bits per heavy atom. The summed E-state index contributed by atoms with van der Waals surface area (Å²) < 4.78 is 12.1. The summed E-state index contributed by atoms with van der Waals surface area (Å²) >= 11 is 0. The van der Waals surface area contributed by atoms with Gasteiger partial charge in [-0.05, 0) is 42.3 Å². The van der Waals surface area contributed by atoms with Crippen LogP contribution in [0.4, 0.5) is 0 Å². The van der Waals surface area contributed by atoms with Crippen LogP contribution < -0.4 is 10.9 Å². The van der Waals surface area contributed by atoms with Gasteiger partial charge < -0.3 is 13.9 Å². The number of phenolic OH excluding ortho intramolecular Hbond substituents is 1. The number of hydrazine groups is 1. The Bertz CT molecular complexity index is 1260. The van der Waals surface area contributed by atoms with Gasteiger partial charge in [0.1, 0.15) is 11.8 Å². The first-order valence-corrected chi connectivity index (χ1v) is 14.0. The fourth-order valence-electron chi connectivity index (χ4n) is 3.66. The van der Waals surface area contributed by atoms with E-state index >= 15 is 0 Å². The fourth-order valence-corrected chi connectivity index (χ4v) is 4.76. The third-order valence-electron chi connectivity index (χ3n) is 5.23. The predicted molar refractivity (Wildman–Crippen MR) is 134 cm³/mol. The second kappa shape index (κ2) is 10.6. The molecule has 0 aliphatic heterocycles. The predicted octanol–water partition coefficient (Wildman–Crippen LogP) is 4.69. The molecule has 3 aromatic rings. The van der Waals surface area contributed by atoms with Crippen LogP contribution in [0.15, 0.2) is 59.2 Å². The van der Waals surface area contributed by atoms with Crippen molar-refractivity contribution >= 4 is 20.9 Å². The van der Waals surface area contributed by atoms with Gasteiger partial charge in [0.2, 0.25) is 5.76 Å². The summed E-state index contributed by atoms with van der Waals surface area (Å²) in [5.41, 5.74) is 6.66. The molecule has 2 amide bonds. The van der Waals surface area contributed by atoms with Crippen LogP contribution in [-0.4, -0.2) is 26.0 Å². The van der Waals surface area contributed by atoms with Gasteiger partial charge in [0, 0.05) is 16.7 Å². The Balaban J connectivity index is 1.93. The number of nitrogens with one attached hydrogen (secondary N) is 2. The van der Waals surface area contributed by atoms with Gasteiger partial charge in [-0.15, -0.1) is 0 Å². The van der Waals surface area contributed by atoms with Gasteiger partial charge >= 0.3 is 5.91 Å². The quantitative estimate of drug-likeness (QED) is 0.339. The minimum absolute atomic E-state index is 0.0400. The van der Waals surface area contributed by atoms with Crippen LogP contribution in [-0.2, 0) is 4.43 Å². The average Bonchev–Trinajstić information content (AvgIpc) is 3.25. The van der Waals surface area contributed by atoms with Gasteiger partial charge in [0.05, 0.1) is 17.9 Å². The molecule has 0 fully saturated rings. The number of benzene rings is 2. The summed E-state index contributed by atoms with van der Waals surface area (Å²) in [6.07, 6.45) is 1.25. The molecule has 0 bridgehead atoms. The first-order chi connectivity index (χ1) is 16.5. The summed E-state index contributed by atoms with van der Waals surface area (Å²) in [5, 5.41) is 18.7. The van der Waals surface area contributed by atoms with Gasteiger partial charge in [0.15, 0.2) is 9.04 Å². The molecule has 182 valence electrons. The molecule has 0 aliphatic rings. The third kappa shape index (κ3) is 5.98. The van der Waals surface area contributed by atoms with Crippen LogP contribution >= 0.6 is 0 Å². The molecule has 0 saturated carbocycles. The molecule has 1 aromatic heterocycles. The average molecular weight is 492 g/mol. The molecule has 2 aromatic carbocycles. The van der Waals surface area contributed by atoms with Crippen molar-refractivity contribution in [1.29, 1.82) is 5.26 Å². The number of hydrogen-bond acceptors (Lipinski definition) is 6. The van der Waals surface area contributed by atoms with E-state index in [1.54, 1.807) is 12.3 Å². The highest BCUT2D eigenvalue weighted by Crippen LogP contribution is 2.43. The Kier molecular flexibility index (Phi) is 7.79. The number of carbonyl (C=O) groups excluding carboxylic acids is 2.